The number of nitrogens with zero attached hydrogens (tertiary/aromatic N) is 1. The van der Waals surface area contributed by atoms with E-state index in [1.54, 1.807) is 0 Å². The zero-order chi connectivity index (χ0) is 10.7. The van der Waals surface area contributed by atoms with Crippen molar-refractivity contribution in [3.8, 4) is 0 Å². The molecule has 1 atom stereocenters. The highest BCUT2D eigenvalue weighted by Gasteiger charge is 2.16. The Labute approximate surface area is 85.1 Å². The number of carboxylic acids is 1. The average Bonchev–Trinajstić information content (AvgIpc) is 2.16. The number of aromatic nitrogens is 1. The summed E-state index contributed by atoms with van der Waals surface area (Å²) >= 11 is 5.53. The van der Waals surface area contributed by atoms with Gasteiger partial charge in [0.2, 0.25) is 0 Å². The lowest BCUT2D eigenvalue weighted by Gasteiger charge is -2.10. The number of pyridine rings is 1. The second-order valence-electron chi connectivity index (χ2n) is 2.69. The first-order chi connectivity index (χ1) is 6.56. The van der Waals surface area contributed by atoms with Crippen LogP contribution in [0.5, 0.6) is 0 Å². The number of aliphatic hydroxyl groups is 1. The van der Waals surface area contributed by atoms with Crippen LogP contribution < -0.4 is 5.73 Å². The Kier molecular flexibility index (Phi) is 3.40. The monoisotopic (exact) mass is 216 g/mol. The lowest BCUT2D eigenvalue weighted by molar-refractivity contribution is 0.0694. The summed E-state index contributed by atoms with van der Waals surface area (Å²) in [6.45, 7) is -0.344. The van der Waals surface area contributed by atoms with Gasteiger partial charge < -0.3 is 15.9 Å². The Bertz CT molecular complexity index is 356. The minimum absolute atomic E-state index is 0.0356. The van der Waals surface area contributed by atoms with Gasteiger partial charge in [-0.3, -0.25) is 0 Å². The summed E-state index contributed by atoms with van der Waals surface area (Å²) in [7, 11) is 0. The molecule has 0 aromatic carbocycles. The van der Waals surface area contributed by atoms with Crippen LogP contribution in [0.25, 0.3) is 0 Å². The maximum absolute atomic E-state index is 10.8. The van der Waals surface area contributed by atoms with Crippen LogP contribution in [0.2, 0.25) is 5.15 Å². The quantitative estimate of drug-likeness (QED) is 0.637. The molecule has 0 saturated heterocycles. The van der Waals surface area contributed by atoms with Gasteiger partial charge in [0.05, 0.1) is 18.2 Å². The van der Waals surface area contributed by atoms with E-state index in [-0.39, 0.29) is 22.9 Å². The smallest absolute Gasteiger partial charge is 0.336 e. The van der Waals surface area contributed by atoms with Crippen LogP contribution >= 0.6 is 11.6 Å². The van der Waals surface area contributed by atoms with Crippen molar-refractivity contribution in [2.45, 2.75) is 6.04 Å². The van der Waals surface area contributed by atoms with Gasteiger partial charge in [-0.05, 0) is 6.07 Å². The summed E-state index contributed by atoms with van der Waals surface area (Å²) in [6.07, 6.45) is 1.26. The van der Waals surface area contributed by atoms with E-state index >= 15 is 0 Å². The third-order valence-electron chi connectivity index (χ3n) is 1.73. The average molecular weight is 217 g/mol. The lowest BCUT2D eigenvalue weighted by atomic mass is 10.0. The molecule has 0 aliphatic heterocycles. The Balaban J connectivity index is 3.21. The minimum atomic E-state index is -1.15. The molecule has 6 heteroatoms. The van der Waals surface area contributed by atoms with E-state index < -0.39 is 12.0 Å². The van der Waals surface area contributed by atoms with Crippen LogP contribution in [0.15, 0.2) is 12.3 Å². The molecule has 76 valence electrons. The zero-order valence-corrected chi connectivity index (χ0v) is 7.90. The number of carboxylic acid groups (broad SMARTS) is 1. The van der Waals surface area contributed by atoms with E-state index in [4.69, 9.17) is 27.5 Å². The fourth-order valence-electron chi connectivity index (χ4n) is 1.02. The first-order valence-electron chi connectivity index (χ1n) is 3.81. The van der Waals surface area contributed by atoms with Crippen LogP contribution in [0.1, 0.15) is 22.0 Å². The molecule has 0 saturated carbocycles. The van der Waals surface area contributed by atoms with Gasteiger partial charge in [-0.1, -0.05) is 11.6 Å². The van der Waals surface area contributed by atoms with E-state index in [9.17, 15) is 4.79 Å². The van der Waals surface area contributed by atoms with E-state index in [1.807, 2.05) is 0 Å². The molecule has 0 aliphatic carbocycles. The summed E-state index contributed by atoms with van der Waals surface area (Å²) in [5, 5.41) is 17.7. The van der Waals surface area contributed by atoms with E-state index in [0.29, 0.717) is 0 Å². The molecular weight excluding hydrogens is 208 g/mol. The number of hydrogen-bond acceptors (Lipinski definition) is 4. The molecular formula is C8H9ClN2O3. The van der Waals surface area contributed by atoms with E-state index in [1.165, 1.54) is 12.3 Å². The number of rotatable bonds is 3. The summed E-state index contributed by atoms with van der Waals surface area (Å²) < 4.78 is 0. The van der Waals surface area contributed by atoms with Crippen molar-refractivity contribution in [2.75, 3.05) is 6.61 Å². The molecule has 0 radical (unpaired) electrons. The molecule has 5 nitrogen and oxygen atoms in total. The molecule has 0 fully saturated rings. The number of nitrogens with two attached hydrogens (primary N) is 1. The van der Waals surface area contributed by atoms with E-state index in [2.05, 4.69) is 4.98 Å². The van der Waals surface area contributed by atoms with Gasteiger partial charge in [0.15, 0.2) is 0 Å². The van der Waals surface area contributed by atoms with Gasteiger partial charge in [-0.25, -0.2) is 9.78 Å². The number of hydrogen-bond donors (Lipinski definition) is 3. The van der Waals surface area contributed by atoms with Crippen molar-refractivity contribution in [3.63, 3.8) is 0 Å². The third kappa shape index (κ3) is 2.20. The maximum Gasteiger partial charge on any atom is 0.336 e. The highest BCUT2D eigenvalue weighted by Crippen LogP contribution is 2.18. The second kappa shape index (κ2) is 4.36. The van der Waals surface area contributed by atoms with E-state index in [0.717, 1.165) is 0 Å². The summed E-state index contributed by atoms with van der Waals surface area (Å²) in [5.41, 5.74) is 5.72. The summed E-state index contributed by atoms with van der Waals surface area (Å²) in [5.74, 6) is -1.15. The molecule has 14 heavy (non-hydrogen) atoms. The predicted molar refractivity (Wildman–Crippen MR) is 50.2 cm³/mol. The topological polar surface area (TPSA) is 96.4 Å². The highest BCUT2D eigenvalue weighted by molar-refractivity contribution is 6.29. The Morgan fingerprint density at radius 3 is 2.86 bits per heavy atom. The minimum Gasteiger partial charge on any atom is -0.478 e. The molecule has 1 aromatic heterocycles. The summed E-state index contributed by atoms with van der Waals surface area (Å²) in [4.78, 5) is 14.5. The highest BCUT2D eigenvalue weighted by atomic mass is 35.5. The van der Waals surface area contributed by atoms with Gasteiger partial charge >= 0.3 is 5.97 Å². The second-order valence-corrected chi connectivity index (χ2v) is 3.08. The Hall–Kier alpha value is -1.17. The SMILES string of the molecule is NC(CO)c1cnc(Cl)cc1C(=O)O. The maximum atomic E-state index is 10.8. The normalized spacial score (nSPS) is 12.5. The Morgan fingerprint density at radius 1 is 1.71 bits per heavy atom. The molecule has 1 unspecified atom stereocenters. The molecule has 1 rings (SSSR count). The number of aliphatic hydroxyl groups excluding tert-OH is 1. The molecule has 1 aromatic rings. The van der Waals surface area contributed by atoms with Gasteiger partial charge in [-0.15, -0.1) is 0 Å². The van der Waals surface area contributed by atoms with Gasteiger partial charge in [-0.2, -0.15) is 0 Å². The third-order valence-corrected chi connectivity index (χ3v) is 1.93. The fourth-order valence-corrected chi connectivity index (χ4v) is 1.18. The fraction of sp³-hybridized carbons (Fsp3) is 0.250. The zero-order valence-electron chi connectivity index (χ0n) is 7.14. The summed E-state index contributed by atoms with van der Waals surface area (Å²) in [6, 6.07) is 0.445. The van der Waals surface area contributed by atoms with Crippen molar-refractivity contribution < 1.29 is 15.0 Å². The number of carbonyl (C=O) groups is 1. The van der Waals surface area contributed by atoms with Crippen molar-refractivity contribution in [1.29, 1.82) is 0 Å². The number of halogens is 1. The molecule has 1 heterocycles. The number of aromatic carboxylic acids is 1. The molecule has 0 aliphatic rings. The Morgan fingerprint density at radius 2 is 2.36 bits per heavy atom. The van der Waals surface area contributed by atoms with Crippen molar-refractivity contribution in [3.05, 3.63) is 28.5 Å². The molecule has 4 N–H and O–H groups in total. The van der Waals surface area contributed by atoms with Crippen molar-refractivity contribution in [1.82, 2.24) is 4.98 Å². The largest absolute Gasteiger partial charge is 0.478 e. The predicted octanol–water partition coefficient (Wildman–Crippen LogP) is 0.425. The van der Waals surface area contributed by atoms with Crippen molar-refractivity contribution in [2.24, 2.45) is 5.73 Å². The van der Waals surface area contributed by atoms with Crippen LogP contribution in [-0.4, -0.2) is 27.8 Å². The van der Waals surface area contributed by atoms with Gasteiger partial charge in [0.25, 0.3) is 0 Å². The van der Waals surface area contributed by atoms with Crippen LogP contribution in [0.4, 0.5) is 0 Å². The standard InChI is InChI=1S/C8H9ClN2O3/c9-7-1-4(8(13)14)5(2-11-7)6(10)3-12/h1-2,6,12H,3,10H2,(H,13,14). The van der Waals surface area contributed by atoms with Gasteiger partial charge in [0.1, 0.15) is 5.15 Å². The first-order valence-corrected chi connectivity index (χ1v) is 4.19. The molecule has 0 bridgehead atoms. The van der Waals surface area contributed by atoms with Gasteiger partial charge in [0, 0.05) is 11.8 Å². The molecule has 0 spiro atoms. The molecule has 0 amide bonds. The first kappa shape index (κ1) is 10.9. The van der Waals surface area contributed by atoms with Crippen LogP contribution in [0, 0.1) is 0 Å². The van der Waals surface area contributed by atoms with Crippen LogP contribution in [-0.2, 0) is 0 Å². The van der Waals surface area contributed by atoms with Crippen molar-refractivity contribution >= 4 is 17.6 Å². The van der Waals surface area contributed by atoms with Crippen LogP contribution in [0.3, 0.4) is 0 Å². The lowest BCUT2D eigenvalue weighted by Crippen LogP contribution is -2.18.